The smallest absolute Gasteiger partial charge is 0.181 e. The largest absolute Gasteiger partial charge is 0.381 e. The first-order chi connectivity index (χ1) is 11.6. The van der Waals surface area contributed by atoms with Gasteiger partial charge in [-0.3, -0.25) is 4.79 Å². The number of Topliss-reactive ketones (excluding diaryl/α,β-unsaturated/α-hetero) is 1. The monoisotopic (exact) mass is 333 g/mol. The number of hydrogen-bond acceptors (Lipinski definition) is 7. The van der Waals surface area contributed by atoms with Gasteiger partial charge in [0.25, 0.3) is 0 Å². The highest BCUT2D eigenvalue weighted by atomic mass is 16.5. The Morgan fingerprint density at radius 1 is 1.21 bits per heavy atom. The summed E-state index contributed by atoms with van der Waals surface area (Å²) in [5.41, 5.74) is 6.59. The second kappa shape index (κ2) is 7.90. The zero-order valence-electron chi connectivity index (χ0n) is 14.3. The molecule has 0 amide bonds. The number of ether oxygens (including phenoxy) is 1. The summed E-state index contributed by atoms with van der Waals surface area (Å²) in [6.45, 7) is 2.98. The molecule has 1 saturated heterocycles. The number of hydrogen-bond donors (Lipinski definition) is 3. The molecular formula is C17H27N5O2. The Hall–Kier alpha value is -1.73. The normalized spacial score (nSPS) is 25.2. The summed E-state index contributed by atoms with van der Waals surface area (Å²) in [4.78, 5) is 20.8. The molecule has 7 nitrogen and oxygen atoms in total. The van der Waals surface area contributed by atoms with Crippen molar-refractivity contribution in [2.45, 2.75) is 63.6 Å². The molecule has 1 aromatic heterocycles. The predicted molar refractivity (Wildman–Crippen MR) is 93.4 cm³/mol. The Bertz CT molecular complexity index is 574. The van der Waals surface area contributed by atoms with Crippen molar-refractivity contribution in [3.63, 3.8) is 0 Å². The second-order valence-corrected chi connectivity index (χ2v) is 6.74. The maximum Gasteiger partial charge on any atom is 0.181 e. The van der Waals surface area contributed by atoms with E-state index in [-0.39, 0.29) is 23.9 Å². The fraction of sp³-hybridized carbons (Fsp3) is 0.706. The van der Waals surface area contributed by atoms with Gasteiger partial charge in [0.2, 0.25) is 0 Å². The molecule has 2 atom stereocenters. The van der Waals surface area contributed by atoms with Crippen LogP contribution in [-0.4, -0.2) is 47.1 Å². The maximum atomic E-state index is 11.9. The standard InChI is InChI=1S/C17H27N5O2/c1-11(23)16-17(20-12-6-8-24-9-7-12)22-15(10-19-16)21-14-5-3-2-4-13(14)18/h10,12-14H,2-9,18H2,1H3,(H2,20,21,22)/t13-,14+/m0/s1. The summed E-state index contributed by atoms with van der Waals surface area (Å²) in [6.07, 6.45) is 7.88. The van der Waals surface area contributed by atoms with E-state index >= 15 is 0 Å². The van der Waals surface area contributed by atoms with E-state index in [4.69, 9.17) is 10.5 Å². The quantitative estimate of drug-likeness (QED) is 0.708. The molecule has 2 fully saturated rings. The van der Waals surface area contributed by atoms with Gasteiger partial charge in [-0.1, -0.05) is 12.8 Å². The second-order valence-electron chi connectivity index (χ2n) is 6.74. The fourth-order valence-electron chi connectivity index (χ4n) is 3.38. The average molecular weight is 333 g/mol. The molecule has 3 rings (SSSR count). The highest BCUT2D eigenvalue weighted by Gasteiger charge is 2.23. The number of anilines is 2. The minimum atomic E-state index is -0.0852. The number of nitrogens with two attached hydrogens (primary N) is 1. The van der Waals surface area contributed by atoms with Gasteiger partial charge in [-0.15, -0.1) is 0 Å². The third-order valence-corrected chi connectivity index (χ3v) is 4.82. The Morgan fingerprint density at radius 2 is 1.96 bits per heavy atom. The van der Waals surface area contributed by atoms with Crippen LogP contribution in [0.1, 0.15) is 55.9 Å². The van der Waals surface area contributed by atoms with Crippen LogP contribution in [0, 0.1) is 0 Å². The molecular weight excluding hydrogens is 306 g/mol. The predicted octanol–water partition coefficient (Wildman–Crippen LogP) is 1.95. The van der Waals surface area contributed by atoms with Crippen LogP contribution in [0.3, 0.4) is 0 Å². The van der Waals surface area contributed by atoms with Gasteiger partial charge in [-0.25, -0.2) is 9.97 Å². The number of carbonyl (C=O) groups excluding carboxylic acids is 1. The Kier molecular flexibility index (Phi) is 5.63. The summed E-state index contributed by atoms with van der Waals surface area (Å²) in [7, 11) is 0. The fourth-order valence-corrected chi connectivity index (χ4v) is 3.38. The van der Waals surface area contributed by atoms with E-state index in [9.17, 15) is 4.79 Å². The van der Waals surface area contributed by atoms with E-state index in [0.717, 1.165) is 38.9 Å². The van der Waals surface area contributed by atoms with Crippen molar-refractivity contribution < 1.29 is 9.53 Å². The lowest BCUT2D eigenvalue weighted by Crippen LogP contribution is -2.42. The maximum absolute atomic E-state index is 11.9. The summed E-state index contributed by atoms with van der Waals surface area (Å²) in [5.74, 6) is 1.15. The van der Waals surface area contributed by atoms with Gasteiger partial charge >= 0.3 is 0 Å². The average Bonchev–Trinajstić information content (AvgIpc) is 2.58. The van der Waals surface area contributed by atoms with Crippen molar-refractivity contribution in [3.05, 3.63) is 11.9 Å². The molecule has 7 heteroatoms. The first-order valence-corrected chi connectivity index (χ1v) is 8.88. The minimum Gasteiger partial charge on any atom is -0.381 e. The lowest BCUT2D eigenvalue weighted by atomic mass is 9.91. The number of rotatable bonds is 5. The van der Waals surface area contributed by atoms with Crippen molar-refractivity contribution >= 4 is 17.4 Å². The molecule has 1 aliphatic heterocycles. The van der Waals surface area contributed by atoms with Gasteiger partial charge in [0.1, 0.15) is 11.5 Å². The molecule has 132 valence electrons. The number of nitrogens with one attached hydrogen (secondary N) is 2. The van der Waals surface area contributed by atoms with Crippen molar-refractivity contribution in [1.29, 1.82) is 0 Å². The topological polar surface area (TPSA) is 102 Å². The van der Waals surface area contributed by atoms with Crippen molar-refractivity contribution in [1.82, 2.24) is 9.97 Å². The van der Waals surface area contributed by atoms with Gasteiger partial charge in [-0.2, -0.15) is 0 Å². The summed E-state index contributed by atoms with van der Waals surface area (Å²) >= 11 is 0. The van der Waals surface area contributed by atoms with E-state index in [1.807, 2.05) is 0 Å². The molecule has 4 N–H and O–H groups in total. The van der Waals surface area contributed by atoms with Gasteiger partial charge in [0.05, 0.1) is 6.20 Å². The van der Waals surface area contributed by atoms with Crippen molar-refractivity contribution in [2.24, 2.45) is 5.73 Å². The highest BCUT2D eigenvalue weighted by molar-refractivity contribution is 5.96. The SMILES string of the molecule is CC(=O)c1ncc(N[C@@H]2CCCC[C@@H]2N)nc1NC1CCOCC1. The van der Waals surface area contributed by atoms with Crippen LogP contribution >= 0.6 is 0 Å². The zero-order valence-corrected chi connectivity index (χ0v) is 14.3. The van der Waals surface area contributed by atoms with E-state index < -0.39 is 0 Å². The summed E-state index contributed by atoms with van der Waals surface area (Å²) < 4.78 is 5.38. The number of carbonyl (C=O) groups is 1. The molecule has 24 heavy (non-hydrogen) atoms. The minimum absolute atomic E-state index is 0.0852. The number of nitrogens with zero attached hydrogens (tertiary/aromatic N) is 2. The van der Waals surface area contributed by atoms with Crippen LogP contribution in [0.25, 0.3) is 0 Å². The summed E-state index contributed by atoms with van der Waals surface area (Å²) in [6, 6.07) is 0.616. The zero-order chi connectivity index (χ0) is 16.9. The van der Waals surface area contributed by atoms with E-state index in [1.165, 1.54) is 19.8 Å². The highest BCUT2D eigenvalue weighted by Crippen LogP contribution is 2.23. The van der Waals surface area contributed by atoms with E-state index in [2.05, 4.69) is 20.6 Å². The third-order valence-electron chi connectivity index (χ3n) is 4.82. The molecule has 0 unspecified atom stereocenters. The molecule has 1 aromatic rings. The molecule has 1 saturated carbocycles. The van der Waals surface area contributed by atoms with Crippen LogP contribution in [0.4, 0.5) is 11.6 Å². The Morgan fingerprint density at radius 3 is 2.67 bits per heavy atom. The molecule has 2 aliphatic rings. The first kappa shape index (κ1) is 17.1. The third kappa shape index (κ3) is 4.21. The molecule has 0 spiro atoms. The van der Waals surface area contributed by atoms with Crippen LogP contribution in [0.2, 0.25) is 0 Å². The van der Waals surface area contributed by atoms with Gasteiger partial charge in [0.15, 0.2) is 11.6 Å². The van der Waals surface area contributed by atoms with Gasteiger partial charge in [-0.05, 0) is 25.7 Å². The van der Waals surface area contributed by atoms with Crippen LogP contribution in [0.15, 0.2) is 6.20 Å². The van der Waals surface area contributed by atoms with E-state index in [0.29, 0.717) is 17.3 Å². The van der Waals surface area contributed by atoms with Gasteiger partial charge in [0, 0.05) is 38.3 Å². The summed E-state index contributed by atoms with van der Waals surface area (Å²) in [5, 5.41) is 6.77. The lowest BCUT2D eigenvalue weighted by Gasteiger charge is -2.30. The van der Waals surface area contributed by atoms with Crippen LogP contribution in [-0.2, 0) is 4.74 Å². The Balaban J connectivity index is 1.75. The van der Waals surface area contributed by atoms with Gasteiger partial charge < -0.3 is 21.1 Å². The Labute approximate surface area is 142 Å². The lowest BCUT2D eigenvalue weighted by molar-refractivity contribution is 0.0903. The molecule has 0 radical (unpaired) electrons. The molecule has 0 aromatic carbocycles. The molecule has 2 heterocycles. The van der Waals surface area contributed by atoms with Crippen LogP contribution < -0.4 is 16.4 Å². The van der Waals surface area contributed by atoms with Crippen molar-refractivity contribution in [3.8, 4) is 0 Å². The van der Waals surface area contributed by atoms with Crippen LogP contribution in [0.5, 0.6) is 0 Å². The molecule has 1 aliphatic carbocycles. The number of aromatic nitrogens is 2. The first-order valence-electron chi connectivity index (χ1n) is 8.88. The number of ketones is 1. The van der Waals surface area contributed by atoms with E-state index in [1.54, 1.807) is 6.20 Å². The van der Waals surface area contributed by atoms with Crippen molar-refractivity contribution in [2.75, 3.05) is 23.8 Å². The molecule has 0 bridgehead atoms.